The number of piperidine rings is 1. The first kappa shape index (κ1) is 19.3. The topological polar surface area (TPSA) is 54.3 Å². The van der Waals surface area contributed by atoms with Gasteiger partial charge in [0.05, 0.1) is 16.9 Å². The molecule has 1 saturated heterocycles. The molecule has 0 atom stereocenters. The van der Waals surface area contributed by atoms with E-state index >= 15 is 0 Å². The van der Waals surface area contributed by atoms with Crippen LogP contribution in [0.3, 0.4) is 0 Å². The van der Waals surface area contributed by atoms with Crippen LogP contribution in [-0.2, 0) is 13.0 Å². The summed E-state index contributed by atoms with van der Waals surface area (Å²) in [5.41, 5.74) is 4.04. The van der Waals surface area contributed by atoms with E-state index in [0.717, 1.165) is 45.4 Å². The summed E-state index contributed by atoms with van der Waals surface area (Å²) in [6, 6.07) is 16.6. The number of carbonyl (C=O) groups is 1. The fourth-order valence-electron chi connectivity index (χ4n) is 4.61. The monoisotopic (exact) mass is 421 g/mol. The van der Waals surface area contributed by atoms with Gasteiger partial charge in [0, 0.05) is 32.2 Å². The van der Waals surface area contributed by atoms with Crippen molar-refractivity contribution in [3.05, 3.63) is 76.6 Å². The Labute approximate surface area is 181 Å². The van der Waals surface area contributed by atoms with Crippen LogP contribution >= 0.6 is 11.6 Å². The molecule has 30 heavy (non-hydrogen) atoms. The zero-order chi connectivity index (χ0) is 20.5. The summed E-state index contributed by atoms with van der Waals surface area (Å²) in [7, 11) is 0. The molecular weight excluding hydrogens is 398 g/mol. The number of rotatable bonds is 3. The number of fused-ring (bicyclic) bond motifs is 1. The summed E-state index contributed by atoms with van der Waals surface area (Å²) in [5, 5.41) is 8.61. The molecule has 2 aliphatic rings. The van der Waals surface area contributed by atoms with E-state index in [-0.39, 0.29) is 5.91 Å². The van der Waals surface area contributed by atoms with Gasteiger partial charge in [-0.3, -0.25) is 9.69 Å². The van der Waals surface area contributed by atoms with Crippen molar-refractivity contribution >= 4 is 17.5 Å². The third-order valence-corrected chi connectivity index (χ3v) is 6.60. The molecule has 3 aromatic rings. The molecule has 7 heteroatoms. The molecule has 3 heterocycles. The van der Waals surface area contributed by atoms with Crippen LogP contribution in [0.4, 0.5) is 0 Å². The molecule has 5 rings (SSSR count). The zero-order valence-electron chi connectivity index (χ0n) is 16.7. The summed E-state index contributed by atoms with van der Waals surface area (Å²) in [6.07, 6.45) is 4.61. The molecule has 1 fully saturated rings. The number of nitrogens with zero attached hydrogens (tertiary/aromatic N) is 5. The lowest BCUT2D eigenvalue weighted by Crippen LogP contribution is -2.48. The lowest BCUT2D eigenvalue weighted by molar-refractivity contribution is 0.0591. The molecule has 0 bridgehead atoms. The third-order valence-electron chi connectivity index (χ3n) is 6.28. The SMILES string of the molecule is O=C(c1cnnn1-c1ccccc1Cl)N1CCC(N2CCc3ccccc3C2)CC1. The Kier molecular flexibility index (Phi) is 5.27. The fraction of sp³-hybridized carbons (Fsp3) is 0.348. The number of likely N-dealkylation sites (tertiary alicyclic amines) is 1. The molecule has 154 valence electrons. The van der Waals surface area contributed by atoms with Crippen LogP contribution in [0, 0.1) is 0 Å². The van der Waals surface area contributed by atoms with E-state index < -0.39 is 0 Å². The van der Waals surface area contributed by atoms with Gasteiger partial charge >= 0.3 is 0 Å². The maximum Gasteiger partial charge on any atom is 0.274 e. The van der Waals surface area contributed by atoms with E-state index in [9.17, 15) is 4.79 Å². The summed E-state index contributed by atoms with van der Waals surface area (Å²) < 4.78 is 1.54. The van der Waals surface area contributed by atoms with E-state index in [1.54, 1.807) is 10.7 Å². The second-order valence-electron chi connectivity index (χ2n) is 8.00. The van der Waals surface area contributed by atoms with Crippen LogP contribution in [0.25, 0.3) is 5.69 Å². The highest BCUT2D eigenvalue weighted by Gasteiger charge is 2.30. The Morgan fingerprint density at radius 2 is 1.70 bits per heavy atom. The Balaban J connectivity index is 1.25. The molecule has 6 nitrogen and oxygen atoms in total. The normalized spacial score (nSPS) is 17.7. The minimum Gasteiger partial charge on any atom is -0.337 e. The van der Waals surface area contributed by atoms with Crippen LogP contribution in [0.15, 0.2) is 54.7 Å². The van der Waals surface area contributed by atoms with Gasteiger partial charge in [0.2, 0.25) is 0 Å². The van der Waals surface area contributed by atoms with Crippen LogP contribution in [0.2, 0.25) is 5.02 Å². The summed E-state index contributed by atoms with van der Waals surface area (Å²) in [5.74, 6) is -0.0395. The summed E-state index contributed by atoms with van der Waals surface area (Å²) in [6.45, 7) is 3.60. The van der Waals surface area contributed by atoms with Crippen molar-refractivity contribution in [2.45, 2.75) is 31.8 Å². The highest BCUT2D eigenvalue weighted by molar-refractivity contribution is 6.32. The fourth-order valence-corrected chi connectivity index (χ4v) is 4.82. The zero-order valence-corrected chi connectivity index (χ0v) is 17.5. The van der Waals surface area contributed by atoms with Gasteiger partial charge in [0.1, 0.15) is 0 Å². The number of hydrogen-bond donors (Lipinski definition) is 0. The van der Waals surface area contributed by atoms with Gasteiger partial charge in [-0.2, -0.15) is 0 Å². The lowest BCUT2D eigenvalue weighted by Gasteiger charge is -2.40. The average molecular weight is 422 g/mol. The number of carbonyl (C=O) groups excluding carboxylic acids is 1. The second kappa shape index (κ2) is 8.20. The van der Waals surface area contributed by atoms with Gasteiger partial charge in [-0.25, -0.2) is 4.68 Å². The highest BCUT2D eigenvalue weighted by Crippen LogP contribution is 2.26. The molecule has 2 aliphatic heterocycles. The molecule has 2 aromatic carbocycles. The Morgan fingerprint density at radius 3 is 2.50 bits per heavy atom. The van der Waals surface area contributed by atoms with Gasteiger partial charge in [0.25, 0.3) is 5.91 Å². The van der Waals surface area contributed by atoms with Crippen molar-refractivity contribution in [2.24, 2.45) is 0 Å². The molecule has 0 unspecified atom stereocenters. The van der Waals surface area contributed by atoms with Crippen molar-refractivity contribution in [1.82, 2.24) is 24.8 Å². The van der Waals surface area contributed by atoms with Gasteiger partial charge in [-0.15, -0.1) is 5.10 Å². The maximum atomic E-state index is 13.2. The summed E-state index contributed by atoms with van der Waals surface area (Å²) >= 11 is 6.30. The number of halogens is 1. The van der Waals surface area contributed by atoms with Gasteiger partial charge in [0.15, 0.2) is 5.69 Å². The molecule has 1 amide bonds. The molecule has 1 aromatic heterocycles. The second-order valence-corrected chi connectivity index (χ2v) is 8.40. The average Bonchev–Trinajstić information content (AvgIpc) is 3.28. The number of para-hydroxylation sites is 1. The van der Waals surface area contributed by atoms with E-state index in [4.69, 9.17) is 11.6 Å². The first-order valence-corrected chi connectivity index (χ1v) is 10.8. The summed E-state index contributed by atoms with van der Waals surface area (Å²) in [4.78, 5) is 17.7. The smallest absolute Gasteiger partial charge is 0.274 e. The Hall–Kier alpha value is -2.70. The molecule has 0 radical (unpaired) electrons. The van der Waals surface area contributed by atoms with Gasteiger partial charge in [-0.1, -0.05) is 53.2 Å². The van der Waals surface area contributed by atoms with Crippen molar-refractivity contribution in [1.29, 1.82) is 0 Å². The number of amides is 1. The first-order valence-electron chi connectivity index (χ1n) is 10.5. The van der Waals surface area contributed by atoms with Crippen LogP contribution in [0.5, 0.6) is 0 Å². The maximum absolute atomic E-state index is 13.2. The molecule has 0 N–H and O–H groups in total. The lowest BCUT2D eigenvalue weighted by atomic mass is 9.95. The van der Waals surface area contributed by atoms with Crippen LogP contribution < -0.4 is 0 Å². The number of hydrogen-bond acceptors (Lipinski definition) is 4. The molecular formula is C23H24ClN5O. The first-order chi connectivity index (χ1) is 14.7. The van der Waals surface area contributed by atoms with E-state index in [1.807, 2.05) is 23.1 Å². The predicted molar refractivity (Wildman–Crippen MR) is 116 cm³/mol. The molecule has 0 aliphatic carbocycles. The Morgan fingerprint density at radius 1 is 0.967 bits per heavy atom. The van der Waals surface area contributed by atoms with Gasteiger partial charge < -0.3 is 4.90 Å². The van der Waals surface area contributed by atoms with Crippen LogP contribution in [-0.4, -0.2) is 56.4 Å². The highest BCUT2D eigenvalue weighted by atomic mass is 35.5. The number of benzene rings is 2. The van der Waals surface area contributed by atoms with Crippen molar-refractivity contribution in [3.63, 3.8) is 0 Å². The van der Waals surface area contributed by atoms with Crippen molar-refractivity contribution < 1.29 is 4.79 Å². The number of aromatic nitrogens is 3. The molecule has 0 saturated carbocycles. The minimum atomic E-state index is -0.0395. The van der Waals surface area contributed by atoms with E-state index in [0.29, 0.717) is 22.4 Å². The third kappa shape index (κ3) is 3.61. The predicted octanol–water partition coefficient (Wildman–Crippen LogP) is 3.58. The van der Waals surface area contributed by atoms with E-state index in [2.05, 4.69) is 39.5 Å². The minimum absolute atomic E-state index is 0.0395. The standard InChI is InChI=1S/C23H24ClN5O/c24-20-7-3-4-8-21(20)29-22(15-25-26-29)23(30)27-13-10-19(11-14-27)28-12-9-17-5-1-2-6-18(17)16-28/h1-8,15,19H,9-14,16H2. The Bertz CT molecular complexity index is 1060. The van der Waals surface area contributed by atoms with Crippen LogP contribution in [0.1, 0.15) is 34.5 Å². The quantitative estimate of drug-likeness (QED) is 0.648. The largest absolute Gasteiger partial charge is 0.337 e. The van der Waals surface area contributed by atoms with E-state index in [1.165, 1.54) is 17.3 Å². The van der Waals surface area contributed by atoms with Gasteiger partial charge in [-0.05, 0) is 42.5 Å². The van der Waals surface area contributed by atoms with Crippen molar-refractivity contribution in [2.75, 3.05) is 19.6 Å². The van der Waals surface area contributed by atoms with Crippen molar-refractivity contribution in [3.8, 4) is 5.69 Å². The molecule has 0 spiro atoms.